The molecular formula is C19H22N4OS. The van der Waals surface area contributed by atoms with E-state index in [4.69, 9.17) is 4.98 Å². The second kappa shape index (κ2) is 6.59. The Morgan fingerprint density at radius 2 is 2.20 bits per heavy atom. The predicted molar refractivity (Wildman–Crippen MR) is 98.8 cm³/mol. The van der Waals surface area contributed by atoms with Crippen LogP contribution in [-0.4, -0.2) is 31.7 Å². The summed E-state index contributed by atoms with van der Waals surface area (Å²) in [7, 11) is 0. The van der Waals surface area contributed by atoms with Gasteiger partial charge < -0.3 is 4.90 Å². The van der Waals surface area contributed by atoms with E-state index >= 15 is 0 Å². The van der Waals surface area contributed by atoms with E-state index in [0.29, 0.717) is 12.2 Å². The molecule has 0 radical (unpaired) electrons. The van der Waals surface area contributed by atoms with E-state index in [-0.39, 0.29) is 11.9 Å². The number of thiophene rings is 1. The molecule has 5 nitrogen and oxygen atoms in total. The van der Waals surface area contributed by atoms with Crippen LogP contribution in [0.3, 0.4) is 0 Å². The van der Waals surface area contributed by atoms with Gasteiger partial charge in [0.15, 0.2) is 0 Å². The summed E-state index contributed by atoms with van der Waals surface area (Å²) in [5.74, 6) is 0.913. The van der Waals surface area contributed by atoms with Crippen molar-refractivity contribution in [1.82, 2.24) is 19.3 Å². The van der Waals surface area contributed by atoms with Gasteiger partial charge in [-0.05, 0) is 51.3 Å². The fourth-order valence-corrected chi connectivity index (χ4v) is 4.51. The average molecular weight is 354 g/mol. The van der Waals surface area contributed by atoms with Crippen LogP contribution in [-0.2, 0) is 11.2 Å². The highest BCUT2D eigenvalue weighted by Crippen LogP contribution is 2.31. The largest absolute Gasteiger partial charge is 0.334 e. The summed E-state index contributed by atoms with van der Waals surface area (Å²) in [6.07, 6.45) is 7.34. The lowest BCUT2D eigenvalue weighted by atomic mass is 9.98. The monoisotopic (exact) mass is 354 g/mol. The van der Waals surface area contributed by atoms with Crippen LogP contribution < -0.4 is 0 Å². The number of hydrogen-bond acceptors (Lipinski definition) is 4. The van der Waals surface area contributed by atoms with Gasteiger partial charge in [0, 0.05) is 34.4 Å². The van der Waals surface area contributed by atoms with Crippen molar-refractivity contribution in [2.24, 2.45) is 0 Å². The summed E-state index contributed by atoms with van der Waals surface area (Å²) < 4.78 is 1.98. The smallest absolute Gasteiger partial charge is 0.234 e. The number of hydrogen-bond donors (Lipinski definition) is 0. The Bertz CT molecular complexity index is 913. The summed E-state index contributed by atoms with van der Waals surface area (Å²) in [4.78, 5) is 26.4. The van der Waals surface area contributed by atoms with Gasteiger partial charge in [0.1, 0.15) is 0 Å². The fraction of sp³-hybridized carbons (Fsp3) is 0.421. The summed E-state index contributed by atoms with van der Waals surface area (Å²) in [5.41, 5.74) is 2.07. The van der Waals surface area contributed by atoms with Gasteiger partial charge in [-0.3, -0.25) is 9.20 Å². The molecule has 4 heterocycles. The van der Waals surface area contributed by atoms with Crippen LogP contribution in [0, 0.1) is 13.8 Å². The van der Waals surface area contributed by atoms with Crippen molar-refractivity contribution in [2.75, 3.05) is 6.54 Å². The van der Waals surface area contributed by atoms with Crippen molar-refractivity contribution < 1.29 is 4.79 Å². The molecule has 1 aliphatic rings. The van der Waals surface area contributed by atoms with Crippen molar-refractivity contribution in [3.05, 3.63) is 51.7 Å². The Hall–Kier alpha value is -2.21. The maximum atomic E-state index is 12.9. The zero-order chi connectivity index (χ0) is 17.4. The Kier molecular flexibility index (Phi) is 4.29. The van der Waals surface area contributed by atoms with Crippen LogP contribution in [0.15, 0.2) is 30.6 Å². The summed E-state index contributed by atoms with van der Waals surface area (Å²) in [6.45, 7) is 4.95. The van der Waals surface area contributed by atoms with Gasteiger partial charge >= 0.3 is 0 Å². The van der Waals surface area contributed by atoms with Gasteiger partial charge in [-0.1, -0.05) is 0 Å². The molecule has 1 aliphatic heterocycles. The second-order valence-corrected chi connectivity index (χ2v) is 8.08. The van der Waals surface area contributed by atoms with Gasteiger partial charge in [0.2, 0.25) is 11.7 Å². The normalized spacial score (nSPS) is 18.0. The molecule has 1 amide bonds. The van der Waals surface area contributed by atoms with Crippen molar-refractivity contribution in [2.45, 2.75) is 45.6 Å². The average Bonchev–Trinajstić information content (AvgIpc) is 3.24. The topological polar surface area (TPSA) is 50.5 Å². The maximum absolute atomic E-state index is 12.9. The van der Waals surface area contributed by atoms with E-state index in [2.05, 4.69) is 37.0 Å². The predicted octanol–water partition coefficient (Wildman–Crippen LogP) is 3.70. The SMILES string of the molecule is Cc1ccc(CC(=O)N2CCCCC2c2cc(C)n3ccnc3n2)s1. The van der Waals surface area contributed by atoms with E-state index in [1.165, 1.54) is 4.88 Å². The summed E-state index contributed by atoms with van der Waals surface area (Å²) in [5, 5.41) is 0. The lowest BCUT2D eigenvalue weighted by molar-refractivity contribution is -0.134. The van der Waals surface area contributed by atoms with E-state index in [1.807, 2.05) is 15.5 Å². The molecule has 0 aliphatic carbocycles. The first kappa shape index (κ1) is 16.3. The molecule has 6 heteroatoms. The zero-order valence-corrected chi connectivity index (χ0v) is 15.4. The Morgan fingerprint density at radius 3 is 3.00 bits per heavy atom. The van der Waals surface area contributed by atoms with Crippen LogP contribution in [0.25, 0.3) is 5.78 Å². The standard InChI is InChI=1S/C19H22N4OS/c1-13-11-16(21-19-20-8-10-22(13)19)17-5-3-4-9-23(17)18(24)12-15-7-6-14(2)25-15/h6-8,10-11,17H,3-5,9,12H2,1-2H3. The fourth-order valence-electron chi connectivity index (χ4n) is 3.62. The van der Waals surface area contributed by atoms with E-state index in [1.54, 1.807) is 17.5 Å². The number of amides is 1. The first-order chi connectivity index (χ1) is 12.1. The van der Waals surface area contributed by atoms with Gasteiger partial charge in [-0.2, -0.15) is 0 Å². The van der Waals surface area contributed by atoms with Gasteiger partial charge in [0.25, 0.3) is 0 Å². The van der Waals surface area contributed by atoms with Crippen LogP contribution in [0.1, 0.15) is 46.4 Å². The molecule has 3 aromatic heterocycles. The highest BCUT2D eigenvalue weighted by molar-refractivity contribution is 7.12. The first-order valence-corrected chi connectivity index (χ1v) is 9.59. The van der Waals surface area contributed by atoms with Gasteiger partial charge in [-0.25, -0.2) is 9.97 Å². The molecule has 25 heavy (non-hydrogen) atoms. The third kappa shape index (κ3) is 3.18. The highest BCUT2D eigenvalue weighted by Gasteiger charge is 2.29. The first-order valence-electron chi connectivity index (χ1n) is 8.77. The number of fused-ring (bicyclic) bond motifs is 1. The number of likely N-dealkylation sites (tertiary alicyclic amines) is 1. The van der Waals surface area contributed by atoms with Crippen molar-refractivity contribution in [3.63, 3.8) is 0 Å². The molecular weight excluding hydrogens is 332 g/mol. The van der Waals surface area contributed by atoms with Crippen LogP contribution in [0.2, 0.25) is 0 Å². The maximum Gasteiger partial charge on any atom is 0.234 e. The van der Waals surface area contributed by atoms with Gasteiger partial charge in [-0.15, -0.1) is 11.3 Å². The molecule has 3 aromatic rings. The minimum atomic E-state index is 0.0581. The van der Waals surface area contributed by atoms with Crippen LogP contribution in [0.5, 0.6) is 0 Å². The van der Waals surface area contributed by atoms with Crippen molar-refractivity contribution in [1.29, 1.82) is 0 Å². The minimum absolute atomic E-state index is 0.0581. The third-order valence-electron chi connectivity index (χ3n) is 4.87. The van der Waals surface area contributed by atoms with E-state index in [9.17, 15) is 4.79 Å². The molecule has 0 N–H and O–H groups in total. The molecule has 0 aromatic carbocycles. The molecule has 1 atom stereocenters. The Labute approximate surface area is 151 Å². The number of imidazole rings is 1. The number of aryl methyl sites for hydroxylation is 2. The van der Waals surface area contributed by atoms with Crippen molar-refractivity contribution in [3.8, 4) is 0 Å². The summed E-state index contributed by atoms with van der Waals surface area (Å²) >= 11 is 1.71. The molecule has 0 bridgehead atoms. The minimum Gasteiger partial charge on any atom is -0.334 e. The highest BCUT2D eigenvalue weighted by atomic mass is 32.1. The number of carbonyl (C=O) groups excluding carboxylic acids is 1. The number of rotatable bonds is 3. The molecule has 1 unspecified atom stereocenters. The van der Waals surface area contributed by atoms with E-state index < -0.39 is 0 Å². The molecule has 0 saturated carbocycles. The lowest BCUT2D eigenvalue weighted by Gasteiger charge is -2.35. The summed E-state index contributed by atoms with van der Waals surface area (Å²) in [6, 6.07) is 6.30. The lowest BCUT2D eigenvalue weighted by Crippen LogP contribution is -2.39. The Morgan fingerprint density at radius 1 is 1.32 bits per heavy atom. The van der Waals surface area contributed by atoms with E-state index in [0.717, 1.165) is 42.1 Å². The molecule has 0 spiro atoms. The van der Waals surface area contributed by atoms with Gasteiger partial charge in [0.05, 0.1) is 18.2 Å². The van der Waals surface area contributed by atoms with Crippen LogP contribution >= 0.6 is 11.3 Å². The molecule has 130 valence electrons. The molecule has 1 saturated heterocycles. The third-order valence-corrected chi connectivity index (χ3v) is 5.87. The van der Waals surface area contributed by atoms with Crippen molar-refractivity contribution >= 4 is 23.0 Å². The number of piperidine rings is 1. The Balaban J connectivity index is 1.62. The second-order valence-electron chi connectivity index (χ2n) is 6.71. The quantitative estimate of drug-likeness (QED) is 0.720. The number of nitrogens with zero attached hydrogens (tertiary/aromatic N) is 4. The number of carbonyl (C=O) groups is 1. The van der Waals surface area contributed by atoms with Crippen LogP contribution in [0.4, 0.5) is 0 Å². The molecule has 4 rings (SSSR count). The zero-order valence-electron chi connectivity index (χ0n) is 14.6. The number of aromatic nitrogens is 3. The molecule has 1 fully saturated rings.